The molecule has 0 atom stereocenters. The van der Waals surface area contributed by atoms with Gasteiger partial charge in [-0.25, -0.2) is 0 Å². The third kappa shape index (κ3) is 3.21. The maximum absolute atomic E-state index is 4.20. The summed E-state index contributed by atoms with van der Waals surface area (Å²) in [6.45, 7) is 9.88. The Balaban J connectivity index is 2.65. The summed E-state index contributed by atoms with van der Waals surface area (Å²) in [5.41, 5.74) is 1.31. The highest BCUT2D eigenvalue weighted by Gasteiger charge is 2.06. The zero-order chi connectivity index (χ0) is 9.84. The molecule has 73 valence electrons. The van der Waals surface area contributed by atoms with Gasteiger partial charge in [0.1, 0.15) is 6.20 Å². The molecule has 1 radical (unpaired) electrons. The van der Waals surface area contributed by atoms with Crippen LogP contribution in [0.2, 0.25) is 0 Å². The fourth-order valence-electron chi connectivity index (χ4n) is 1.40. The Kier molecular flexibility index (Phi) is 3.52. The largest absolute Gasteiger partial charge is 0.269 e. The van der Waals surface area contributed by atoms with E-state index in [1.807, 2.05) is 6.07 Å². The quantitative estimate of drug-likeness (QED) is 0.694. The van der Waals surface area contributed by atoms with Crippen molar-refractivity contribution in [3.8, 4) is 0 Å². The molecule has 0 N–H and O–H groups in total. The number of aromatic nitrogens is 2. The number of hydrogen-bond donors (Lipinski definition) is 0. The van der Waals surface area contributed by atoms with Crippen molar-refractivity contribution in [1.29, 1.82) is 0 Å². The molecule has 1 aromatic rings. The van der Waals surface area contributed by atoms with Crippen LogP contribution in [0.25, 0.3) is 0 Å². The lowest BCUT2D eigenvalue weighted by molar-refractivity contribution is 0.457. The summed E-state index contributed by atoms with van der Waals surface area (Å²) in [5.74, 6) is 1.34. The van der Waals surface area contributed by atoms with E-state index in [0.29, 0.717) is 11.8 Å². The molecule has 0 saturated carbocycles. The minimum atomic E-state index is 0.652. The van der Waals surface area contributed by atoms with Crippen molar-refractivity contribution >= 4 is 0 Å². The third-order valence-electron chi connectivity index (χ3n) is 1.90. The Labute approximate surface area is 81.0 Å². The Morgan fingerprint density at radius 2 is 2.00 bits per heavy atom. The second-order valence-electron chi connectivity index (χ2n) is 4.44. The van der Waals surface area contributed by atoms with Crippen LogP contribution in [0.4, 0.5) is 0 Å². The number of nitrogens with zero attached hydrogens (tertiary/aromatic N) is 2. The molecule has 0 spiro atoms. The smallest absolute Gasteiger partial charge is 0.113 e. The lowest BCUT2D eigenvalue weighted by Crippen LogP contribution is -2.11. The second kappa shape index (κ2) is 4.45. The molecule has 1 rings (SSSR count). The standard InChI is InChI=1S/C11H19N2/c1-9(2)7-11-5-6-12-13(11)8-10(3)4/h5,9-10H,7-8H2,1-4H3. The highest BCUT2D eigenvalue weighted by molar-refractivity contribution is 5.00. The third-order valence-corrected chi connectivity index (χ3v) is 1.90. The van der Waals surface area contributed by atoms with Crippen LogP contribution in [0.1, 0.15) is 33.4 Å². The molecule has 1 aromatic heterocycles. The zero-order valence-electron chi connectivity index (χ0n) is 9.04. The van der Waals surface area contributed by atoms with Crippen LogP contribution < -0.4 is 0 Å². The van der Waals surface area contributed by atoms with E-state index in [0.717, 1.165) is 13.0 Å². The lowest BCUT2D eigenvalue weighted by atomic mass is 10.1. The molecular formula is C11H19N2. The fraction of sp³-hybridized carbons (Fsp3) is 0.727. The van der Waals surface area contributed by atoms with Crippen molar-refractivity contribution < 1.29 is 0 Å². The van der Waals surface area contributed by atoms with Gasteiger partial charge in [-0.15, -0.1) is 0 Å². The van der Waals surface area contributed by atoms with Crippen molar-refractivity contribution in [2.75, 3.05) is 0 Å². The first-order valence-electron chi connectivity index (χ1n) is 5.02. The molecular weight excluding hydrogens is 160 g/mol. The van der Waals surface area contributed by atoms with E-state index in [2.05, 4.69) is 43.7 Å². The first-order chi connectivity index (χ1) is 6.09. The number of rotatable bonds is 4. The molecule has 13 heavy (non-hydrogen) atoms. The average Bonchev–Trinajstić information content (AvgIpc) is 2.34. The molecule has 0 aliphatic rings. The molecule has 0 aliphatic carbocycles. The van der Waals surface area contributed by atoms with Gasteiger partial charge in [0.15, 0.2) is 0 Å². The average molecular weight is 179 g/mol. The van der Waals surface area contributed by atoms with E-state index in [4.69, 9.17) is 0 Å². The van der Waals surface area contributed by atoms with Gasteiger partial charge >= 0.3 is 0 Å². The predicted molar refractivity (Wildman–Crippen MR) is 54.4 cm³/mol. The zero-order valence-corrected chi connectivity index (χ0v) is 9.04. The Morgan fingerprint density at radius 1 is 1.31 bits per heavy atom. The molecule has 0 saturated heterocycles. The van der Waals surface area contributed by atoms with Gasteiger partial charge in [0.05, 0.1) is 0 Å². The van der Waals surface area contributed by atoms with Crippen molar-refractivity contribution in [2.24, 2.45) is 11.8 Å². The maximum atomic E-state index is 4.20. The Hall–Kier alpha value is -0.790. The topological polar surface area (TPSA) is 17.8 Å². The normalized spacial score (nSPS) is 11.5. The van der Waals surface area contributed by atoms with Crippen LogP contribution in [0.5, 0.6) is 0 Å². The van der Waals surface area contributed by atoms with Crippen LogP contribution in [-0.4, -0.2) is 9.78 Å². The van der Waals surface area contributed by atoms with E-state index >= 15 is 0 Å². The Morgan fingerprint density at radius 3 is 2.54 bits per heavy atom. The predicted octanol–water partition coefficient (Wildman–Crippen LogP) is 2.54. The molecule has 0 aromatic carbocycles. The Bertz CT molecular complexity index is 224. The summed E-state index contributed by atoms with van der Waals surface area (Å²) in [5, 5.41) is 4.20. The van der Waals surface area contributed by atoms with Gasteiger partial charge in [0.2, 0.25) is 0 Å². The number of hydrogen-bond acceptors (Lipinski definition) is 1. The highest BCUT2D eigenvalue weighted by atomic mass is 15.3. The van der Waals surface area contributed by atoms with Crippen molar-refractivity contribution in [3.63, 3.8) is 0 Å². The van der Waals surface area contributed by atoms with Gasteiger partial charge in [-0.2, -0.15) is 5.10 Å². The van der Waals surface area contributed by atoms with E-state index < -0.39 is 0 Å². The maximum Gasteiger partial charge on any atom is 0.113 e. The molecule has 1 heterocycles. The van der Waals surface area contributed by atoms with Gasteiger partial charge in [-0.3, -0.25) is 4.68 Å². The van der Waals surface area contributed by atoms with Crippen LogP contribution in [-0.2, 0) is 13.0 Å². The highest BCUT2D eigenvalue weighted by Crippen LogP contribution is 2.08. The fourth-order valence-corrected chi connectivity index (χ4v) is 1.40. The second-order valence-corrected chi connectivity index (χ2v) is 4.44. The van der Waals surface area contributed by atoms with Crippen LogP contribution in [0.15, 0.2) is 6.07 Å². The van der Waals surface area contributed by atoms with E-state index in [1.165, 1.54) is 5.69 Å². The molecule has 0 bridgehead atoms. The summed E-state index contributed by atoms with van der Waals surface area (Å²) in [6, 6.07) is 2.00. The summed E-state index contributed by atoms with van der Waals surface area (Å²) >= 11 is 0. The molecule has 0 unspecified atom stereocenters. The lowest BCUT2D eigenvalue weighted by Gasteiger charge is -2.10. The molecule has 2 heteroatoms. The van der Waals surface area contributed by atoms with Gasteiger partial charge < -0.3 is 0 Å². The van der Waals surface area contributed by atoms with Gasteiger partial charge in [0.25, 0.3) is 0 Å². The monoisotopic (exact) mass is 179 g/mol. The van der Waals surface area contributed by atoms with E-state index in [9.17, 15) is 0 Å². The van der Waals surface area contributed by atoms with Gasteiger partial charge in [0, 0.05) is 12.2 Å². The molecule has 0 amide bonds. The van der Waals surface area contributed by atoms with Crippen molar-refractivity contribution in [2.45, 2.75) is 40.7 Å². The minimum absolute atomic E-state index is 0.652. The van der Waals surface area contributed by atoms with Crippen molar-refractivity contribution in [1.82, 2.24) is 9.78 Å². The van der Waals surface area contributed by atoms with E-state index in [-0.39, 0.29) is 0 Å². The summed E-state index contributed by atoms with van der Waals surface area (Å²) < 4.78 is 2.07. The van der Waals surface area contributed by atoms with Crippen LogP contribution in [0.3, 0.4) is 0 Å². The van der Waals surface area contributed by atoms with E-state index in [1.54, 1.807) is 0 Å². The van der Waals surface area contributed by atoms with Gasteiger partial charge in [-0.1, -0.05) is 27.7 Å². The first kappa shape index (κ1) is 10.3. The van der Waals surface area contributed by atoms with Crippen molar-refractivity contribution in [3.05, 3.63) is 18.0 Å². The minimum Gasteiger partial charge on any atom is -0.269 e. The SMILES string of the molecule is CC(C)Cc1c[c]nn1CC(C)C. The van der Waals surface area contributed by atoms with Crippen LogP contribution in [0, 0.1) is 18.0 Å². The summed E-state index contributed by atoms with van der Waals surface area (Å²) in [6.07, 6.45) is 4.02. The molecule has 0 fully saturated rings. The molecule has 0 aliphatic heterocycles. The van der Waals surface area contributed by atoms with Crippen LogP contribution >= 0.6 is 0 Å². The first-order valence-corrected chi connectivity index (χ1v) is 5.02. The van der Waals surface area contributed by atoms with Gasteiger partial charge in [-0.05, 0) is 24.3 Å². The molecule has 2 nitrogen and oxygen atoms in total. The summed E-state index contributed by atoms with van der Waals surface area (Å²) in [7, 11) is 0. The summed E-state index contributed by atoms with van der Waals surface area (Å²) in [4.78, 5) is 0.